The number of aliphatic imine (C=N–C) groups is 1. The molecule has 2 atom stereocenters. The zero-order valence-electron chi connectivity index (χ0n) is 18.5. The SMILES string of the molecule is CCNC(=NCc1ccc(C)cc1OC1CCOC1)NCC(CCO)CC(C)C. The molecule has 0 bridgehead atoms. The van der Waals surface area contributed by atoms with Gasteiger partial charge in [0.25, 0.3) is 0 Å². The van der Waals surface area contributed by atoms with Gasteiger partial charge in [-0.2, -0.15) is 0 Å². The monoisotopic (exact) mass is 405 g/mol. The molecule has 1 aromatic carbocycles. The lowest BCUT2D eigenvalue weighted by Crippen LogP contribution is -2.40. The predicted molar refractivity (Wildman–Crippen MR) is 118 cm³/mol. The molecular weight excluding hydrogens is 366 g/mol. The number of aryl methyl sites for hydroxylation is 1. The minimum atomic E-state index is 0.126. The number of aliphatic hydroxyl groups excluding tert-OH is 1. The number of guanidine groups is 1. The van der Waals surface area contributed by atoms with Crippen molar-refractivity contribution in [1.82, 2.24) is 10.6 Å². The van der Waals surface area contributed by atoms with Crippen LogP contribution in [0.25, 0.3) is 0 Å². The Balaban J connectivity index is 2.02. The number of nitrogens with zero attached hydrogens (tertiary/aromatic N) is 1. The van der Waals surface area contributed by atoms with Crippen LogP contribution in [-0.2, 0) is 11.3 Å². The lowest BCUT2D eigenvalue weighted by atomic mass is 9.94. The van der Waals surface area contributed by atoms with Gasteiger partial charge in [-0.25, -0.2) is 4.99 Å². The van der Waals surface area contributed by atoms with Crippen molar-refractivity contribution < 1.29 is 14.6 Å². The minimum Gasteiger partial charge on any atom is -0.488 e. The van der Waals surface area contributed by atoms with Crippen LogP contribution in [0, 0.1) is 18.8 Å². The maximum Gasteiger partial charge on any atom is 0.191 e. The zero-order valence-corrected chi connectivity index (χ0v) is 18.5. The third kappa shape index (κ3) is 8.62. The fraction of sp³-hybridized carbons (Fsp3) is 0.696. The number of hydrogen-bond acceptors (Lipinski definition) is 4. The first-order valence-electron chi connectivity index (χ1n) is 11.0. The lowest BCUT2D eigenvalue weighted by molar-refractivity contribution is 0.140. The second-order valence-corrected chi connectivity index (χ2v) is 8.30. The standard InChI is InChI=1S/C23H39N3O3/c1-5-24-23(25-14-19(8-10-27)12-17(2)3)26-15-20-7-6-18(4)13-22(20)29-21-9-11-28-16-21/h6-7,13,17,19,21,27H,5,8-12,14-16H2,1-4H3,(H2,24,25,26). The molecule has 0 spiro atoms. The summed E-state index contributed by atoms with van der Waals surface area (Å²) >= 11 is 0. The highest BCUT2D eigenvalue weighted by atomic mass is 16.5. The average molecular weight is 406 g/mol. The molecule has 2 rings (SSSR count). The summed E-state index contributed by atoms with van der Waals surface area (Å²) in [5, 5.41) is 16.1. The van der Waals surface area contributed by atoms with Gasteiger partial charge in [0.1, 0.15) is 11.9 Å². The van der Waals surface area contributed by atoms with Gasteiger partial charge in [0.2, 0.25) is 0 Å². The van der Waals surface area contributed by atoms with Crippen LogP contribution in [0.3, 0.4) is 0 Å². The van der Waals surface area contributed by atoms with E-state index in [2.05, 4.69) is 56.5 Å². The lowest BCUT2D eigenvalue weighted by Gasteiger charge is -2.20. The van der Waals surface area contributed by atoms with E-state index >= 15 is 0 Å². The number of rotatable bonds is 11. The van der Waals surface area contributed by atoms with Crippen LogP contribution in [0.4, 0.5) is 0 Å². The Morgan fingerprint density at radius 3 is 2.83 bits per heavy atom. The highest BCUT2D eigenvalue weighted by Gasteiger charge is 2.19. The fourth-order valence-corrected chi connectivity index (χ4v) is 3.59. The number of benzene rings is 1. The molecule has 0 aliphatic carbocycles. The van der Waals surface area contributed by atoms with E-state index in [9.17, 15) is 5.11 Å². The van der Waals surface area contributed by atoms with Gasteiger partial charge >= 0.3 is 0 Å². The molecule has 1 aliphatic rings. The van der Waals surface area contributed by atoms with Crippen LogP contribution in [0.1, 0.15) is 51.2 Å². The smallest absolute Gasteiger partial charge is 0.191 e. The number of ether oxygens (including phenoxy) is 2. The van der Waals surface area contributed by atoms with Crippen molar-refractivity contribution in [3.63, 3.8) is 0 Å². The fourth-order valence-electron chi connectivity index (χ4n) is 3.59. The summed E-state index contributed by atoms with van der Waals surface area (Å²) in [6, 6.07) is 6.29. The molecular formula is C23H39N3O3. The highest BCUT2D eigenvalue weighted by Crippen LogP contribution is 2.24. The topological polar surface area (TPSA) is 75.1 Å². The van der Waals surface area contributed by atoms with Gasteiger partial charge in [-0.05, 0) is 50.2 Å². The Morgan fingerprint density at radius 2 is 2.17 bits per heavy atom. The van der Waals surface area contributed by atoms with Crippen molar-refractivity contribution in [2.75, 3.05) is 32.9 Å². The maximum atomic E-state index is 9.34. The largest absolute Gasteiger partial charge is 0.488 e. The van der Waals surface area contributed by atoms with Crippen LogP contribution < -0.4 is 15.4 Å². The second-order valence-electron chi connectivity index (χ2n) is 8.30. The van der Waals surface area contributed by atoms with Crippen molar-refractivity contribution in [2.24, 2.45) is 16.8 Å². The molecule has 0 aromatic heterocycles. The molecule has 2 unspecified atom stereocenters. The number of aliphatic hydroxyl groups is 1. The molecule has 6 heteroatoms. The number of nitrogens with one attached hydrogen (secondary N) is 2. The Labute approximate surface area is 176 Å². The van der Waals surface area contributed by atoms with E-state index < -0.39 is 0 Å². The van der Waals surface area contributed by atoms with Crippen molar-refractivity contribution in [3.05, 3.63) is 29.3 Å². The molecule has 3 N–H and O–H groups in total. The van der Waals surface area contributed by atoms with Crippen molar-refractivity contribution >= 4 is 5.96 Å². The highest BCUT2D eigenvalue weighted by molar-refractivity contribution is 5.79. The Kier molecular flexibility index (Phi) is 10.3. The van der Waals surface area contributed by atoms with Crippen LogP contribution in [0.5, 0.6) is 5.75 Å². The Hall–Kier alpha value is -1.79. The molecule has 0 amide bonds. The Bertz CT molecular complexity index is 628. The second kappa shape index (κ2) is 12.7. The minimum absolute atomic E-state index is 0.126. The van der Waals surface area contributed by atoms with Gasteiger partial charge in [0, 0.05) is 31.7 Å². The summed E-state index contributed by atoms with van der Waals surface area (Å²) in [7, 11) is 0. The molecule has 1 saturated heterocycles. The van der Waals surface area contributed by atoms with Gasteiger partial charge in [-0.1, -0.05) is 26.0 Å². The zero-order chi connectivity index (χ0) is 21.1. The third-order valence-corrected chi connectivity index (χ3v) is 5.06. The molecule has 0 radical (unpaired) electrons. The van der Waals surface area contributed by atoms with E-state index in [1.165, 1.54) is 5.56 Å². The van der Waals surface area contributed by atoms with Gasteiger partial charge in [0.15, 0.2) is 5.96 Å². The molecule has 0 saturated carbocycles. The number of hydrogen-bond donors (Lipinski definition) is 3. The molecule has 164 valence electrons. The molecule has 1 fully saturated rings. The van der Waals surface area contributed by atoms with Gasteiger partial charge in [-0.3, -0.25) is 0 Å². The quantitative estimate of drug-likeness (QED) is 0.389. The third-order valence-electron chi connectivity index (χ3n) is 5.06. The van der Waals surface area contributed by atoms with E-state index in [0.717, 1.165) is 56.2 Å². The van der Waals surface area contributed by atoms with Crippen LogP contribution in [0.2, 0.25) is 0 Å². The maximum absolute atomic E-state index is 9.34. The van der Waals surface area contributed by atoms with E-state index in [1.54, 1.807) is 0 Å². The average Bonchev–Trinajstić information content (AvgIpc) is 3.18. The predicted octanol–water partition coefficient (Wildman–Crippen LogP) is 3.26. The van der Waals surface area contributed by atoms with Crippen molar-refractivity contribution in [3.8, 4) is 5.75 Å². The molecule has 29 heavy (non-hydrogen) atoms. The van der Waals surface area contributed by atoms with Gasteiger partial charge < -0.3 is 25.2 Å². The van der Waals surface area contributed by atoms with Crippen molar-refractivity contribution in [1.29, 1.82) is 0 Å². The first-order chi connectivity index (χ1) is 14.0. The summed E-state index contributed by atoms with van der Waals surface area (Å²) in [5.74, 6) is 2.75. The molecule has 1 aliphatic heterocycles. The van der Waals surface area contributed by atoms with E-state index in [4.69, 9.17) is 14.5 Å². The summed E-state index contributed by atoms with van der Waals surface area (Å²) < 4.78 is 11.6. The molecule has 1 heterocycles. The van der Waals surface area contributed by atoms with Crippen LogP contribution in [-0.4, -0.2) is 50.1 Å². The van der Waals surface area contributed by atoms with Gasteiger partial charge in [-0.15, -0.1) is 0 Å². The normalized spacial score (nSPS) is 18.1. The molecule has 6 nitrogen and oxygen atoms in total. The van der Waals surface area contributed by atoms with E-state index in [1.807, 2.05) is 0 Å². The summed E-state index contributed by atoms with van der Waals surface area (Å²) in [6.07, 6.45) is 2.96. The molecule has 1 aromatic rings. The summed E-state index contributed by atoms with van der Waals surface area (Å²) in [6.45, 7) is 12.4. The first-order valence-corrected chi connectivity index (χ1v) is 11.0. The van der Waals surface area contributed by atoms with Gasteiger partial charge in [0.05, 0.1) is 19.8 Å². The summed E-state index contributed by atoms with van der Waals surface area (Å²) in [5.41, 5.74) is 2.26. The van der Waals surface area contributed by atoms with Crippen molar-refractivity contribution in [2.45, 2.75) is 59.6 Å². The van der Waals surface area contributed by atoms with Crippen LogP contribution >= 0.6 is 0 Å². The van der Waals surface area contributed by atoms with E-state index in [0.29, 0.717) is 25.0 Å². The Morgan fingerprint density at radius 1 is 1.34 bits per heavy atom. The summed E-state index contributed by atoms with van der Waals surface area (Å²) in [4.78, 5) is 4.78. The van der Waals surface area contributed by atoms with E-state index in [-0.39, 0.29) is 12.7 Å². The van der Waals surface area contributed by atoms with Crippen LogP contribution in [0.15, 0.2) is 23.2 Å². The first kappa shape index (κ1) is 23.5.